The number of hydrogen-bond acceptors (Lipinski definition) is 5. The van der Waals surface area contributed by atoms with Crippen LogP contribution in [0.3, 0.4) is 0 Å². The Morgan fingerprint density at radius 1 is 1.27 bits per heavy atom. The van der Waals surface area contributed by atoms with Gasteiger partial charge in [-0.15, -0.1) is 0 Å². The summed E-state index contributed by atoms with van der Waals surface area (Å²) in [6.07, 6.45) is -2.97. The van der Waals surface area contributed by atoms with E-state index in [0.717, 1.165) is 13.0 Å². The largest absolute Gasteiger partial charge is 0.391 e. The van der Waals surface area contributed by atoms with E-state index in [0.29, 0.717) is 17.8 Å². The van der Waals surface area contributed by atoms with Gasteiger partial charge in [0.05, 0.1) is 22.0 Å². The third-order valence-electron chi connectivity index (χ3n) is 6.96. The zero-order valence-electron chi connectivity index (χ0n) is 16.6. The Hall–Kier alpha value is -2.36. The minimum Gasteiger partial charge on any atom is -0.383 e. The van der Waals surface area contributed by atoms with Crippen LogP contribution in [-0.4, -0.2) is 43.2 Å². The topological polar surface area (TPSA) is 96.3 Å². The molecule has 1 amide bonds. The number of amides is 1. The molecule has 0 aromatic heterocycles. The summed E-state index contributed by atoms with van der Waals surface area (Å²) in [7, 11) is 1.60. The van der Waals surface area contributed by atoms with Crippen molar-refractivity contribution in [3.8, 4) is 0 Å². The summed E-state index contributed by atoms with van der Waals surface area (Å²) in [5, 5.41) is 20.9. The van der Waals surface area contributed by atoms with Crippen molar-refractivity contribution in [2.75, 3.05) is 25.5 Å². The van der Waals surface area contributed by atoms with Crippen molar-refractivity contribution in [2.45, 2.75) is 49.7 Å². The summed E-state index contributed by atoms with van der Waals surface area (Å²) in [5.74, 6) is -1.52. The Labute approximate surface area is 171 Å². The number of benzene rings is 1. The highest BCUT2D eigenvalue weighted by Gasteiger charge is 2.62. The lowest BCUT2D eigenvalue weighted by molar-refractivity contribution is -0.384. The van der Waals surface area contributed by atoms with Gasteiger partial charge in [-0.3, -0.25) is 14.9 Å². The highest BCUT2D eigenvalue weighted by Crippen LogP contribution is 2.60. The number of nitrogens with one attached hydrogen (secondary N) is 3. The van der Waals surface area contributed by atoms with Crippen molar-refractivity contribution in [3.05, 3.63) is 33.4 Å². The lowest BCUT2D eigenvalue weighted by Crippen LogP contribution is -2.40. The number of hydrogen-bond donors (Lipinski definition) is 3. The van der Waals surface area contributed by atoms with Crippen LogP contribution in [0.2, 0.25) is 0 Å². The Morgan fingerprint density at radius 3 is 2.47 bits per heavy atom. The fourth-order valence-corrected chi connectivity index (χ4v) is 5.23. The van der Waals surface area contributed by atoms with Gasteiger partial charge in [0.1, 0.15) is 5.69 Å². The van der Waals surface area contributed by atoms with Crippen molar-refractivity contribution in [3.63, 3.8) is 0 Å². The molecule has 2 atom stereocenters. The maximum atomic E-state index is 13.1. The third kappa shape index (κ3) is 3.51. The zero-order valence-corrected chi connectivity index (χ0v) is 16.6. The van der Waals surface area contributed by atoms with E-state index >= 15 is 0 Å². The molecule has 2 aliphatic carbocycles. The van der Waals surface area contributed by atoms with Gasteiger partial charge in [0.15, 0.2) is 0 Å². The van der Waals surface area contributed by atoms with Crippen LogP contribution in [0, 0.1) is 22.0 Å². The predicted molar refractivity (Wildman–Crippen MR) is 105 cm³/mol. The molecule has 7 nitrogen and oxygen atoms in total. The van der Waals surface area contributed by atoms with E-state index in [2.05, 4.69) is 16.0 Å². The summed E-state index contributed by atoms with van der Waals surface area (Å²) in [6.45, 7) is 1.33. The Balaban J connectivity index is 1.61. The first-order valence-electron chi connectivity index (χ1n) is 10.3. The minimum absolute atomic E-state index is 0.0178. The lowest BCUT2D eigenvalue weighted by Gasteiger charge is -2.30. The van der Waals surface area contributed by atoms with Crippen LogP contribution in [0.1, 0.15) is 48.0 Å². The van der Waals surface area contributed by atoms with Gasteiger partial charge in [-0.2, -0.15) is 13.2 Å². The van der Waals surface area contributed by atoms with E-state index in [4.69, 9.17) is 0 Å². The molecule has 0 radical (unpaired) electrons. The molecule has 3 aliphatic rings. The SMILES string of the molecule is CNc1ccc(C(=O)NC2CCC(C(F)(F)F)CC2)c([C@@]23CNC[C@H]2C3)c1[N+](=O)[O-]. The number of nitro benzene ring substituents is 1. The first kappa shape index (κ1) is 20.9. The fraction of sp³-hybridized carbons (Fsp3) is 0.650. The molecule has 1 saturated heterocycles. The quantitative estimate of drug-likeness (QED) is 0.496. The molecule has 2 saturated carbocycles. The van der Waals surface area contributed by atoms with E-state index in [1.807, 2.05) is 0 Å². The van der Waals surface area contributed by atoms with Crippen molar-refractivity contribution in [2.24, 2.45) is 11.8 Å². The predicted octanol–water partition coefficient (Wildman–Crippen LogP) is 3.35. The number of piperidine rings is 1. The van der Waals surface area contributed by atoms with E-state index in [1.165, 1.54) is 6.07 Å². The molecule has 3 N–H and O–H groups in total. The number of carbonyl (C=O) groups excluding carboxylic acids is 1. The number of fused-ring (bicyclic) bond motifs is 1. The standard InChI is InChI=1S/C20H25F3N4O3/c1-24-15-7-6-14(16(17(15)27(29)30)19-8-12(19)9-25-10-19)18(28)26-13-4-2-11(3-5-13)20(21,22)23/h6-7,11-13,24-25H,2-5,8-10H2,1H3,(H,26,28)/t11?,12-,13?,19+/m1/s1. The molecule has 164 valence electrons. The highest BCUT2D eigenvalue weighted by molar-refractivity contribution is 5.99. The van der Waals surface area contributed by atoms with Crippen LogP contribution in [0.25, 0.3) is 0 Å². The summed E-state index contributed by atoms with van der Waals surface area (Å²) in [4.78, 5) is 24.6. The maximum Gasteiger partial charge on any atom is 0.391 e. The summed E-state index contributed by atoms with van der Waals surface area (Å²) in [6, 6.07) is 2.75. The minimum atomic E-state index is -4.21. The fourth-order valence-electron chi connectivity index (χ4n) is 5.23. The van der Waals surface area contributed by atoms with Crippen molar-refractivity contribution < 1.29 is 22.9 Å². The Morgan fingerprint density at radius 2 is 1.97 bits per heavy atom. The second-order valence-electron chi connectivity index (χ2n) is 8.64. The molecule has 10 heteroatoms. The summed E-state index contributed by atoms with van der Waals surface area (Å²) < 4.78 is 38.7. The number of halogens is 3. The van der Waals surface area contributed by atoms with Gasteiger partial charge in [0.2, 0.25) is 0 Å². The van der Waals surface area contributed by atoms with Crippen LogP contribution >= 0.6 is 0 Å². The number of alkyl halides is 3. The first-order chi connectivity index (χ1) is 14.2. The van der Waals surface area contributed by atoms with Crippen LogP contribution in [0.5, 0.6) is 0 Å². The number of nitro groups is 1. The first-order valence-corrected chi connectivity index (χ1v) is 10.3. The highest BCUT2D eigenvalue weighted by atomic mass is 19.4. The molecule has 4 rings (SSSR count). The maximum absolute atomic E-state index is 13.1. The Kier molecular flexibility index (Phi) is 5.16. The van der Waals surface area contributed by atoms with Gasteiger partial charge in [0, 0.05) is 25.0 Å². The van der Waals surface area contributed by atoms with Gasteiger partial charge in [0.25, 0.3) is 11.6 Å². The van der Waals surface area contributed by atoms with Gasteiger partial charge < -0.3 is 16.0 Å². The average Bonchev–Trinajstić information content (AvgIpc) is 3.26. The normalized spacial score (nSPS) is 30.5. The summed E-state index contributed by atoms with van der Waals surface area (Å²) in [5.41, 5.74) is 0.526. The van der Waals surface area contributed by atoms with Crippen molar-refractivity contribution >= 4 is 17.3 Å². The molecule has 1 heterocycles. The van der Waals surface area contributed by atoms with Crippen LogP contribution in [0.15, 0.2) is 12.1 Å². The second-order valence-corrected chi connectivity index (χ2v) is 8.64. The van der Waals surface area contributed by atoms with E-state index in [9.17, 15) is 28.1 Å². The average molecular weight is 426 g/mol. The smallest absolute Gasteiger partial charge is 0.383 e. The molecule has 0 spiro atoms. The summed E-state index contributed by atoms with van der Waals surface area (Å²) >= 11 is 0. The number of anilines is 1. The zero-order chi connectivity index (χ0) is 21.7. The lowest BCUT2D eigenvalue weighted by atomic mass is 9.84. The monoisotopic (exact) mass is 426 g/mol. The number of carbonyl (C=O) groups is 1. The van der Waals surface area contributed by atoms with E-state index in [1.54, 1.807) is 13.1 Å². The second kappa shape index (κ2) is 7.40. The van der Waals surface area contributed by atoms with E-state index < -0.39 is 28.3 Å². The molecule has 1 aromatic carbocycles. The molecule has 30 heavy (non-hydrogen) atoms. The molecule has 0 bridgehead atoms. The number of rotatable bonds is 5. The third-order valence-corrected chi connectivity index (χ3v) is 6.96. The molecule has 0 unspecified atom stereocenters. The van der Waals surface area contributed by atoms with Crippen LogP contribution in [-0.2, 0) is 5.41 Å². The van der Waals surface area contributed by atoms with Crippen LogP contribution in [0.4, 0.5) is 24.5 Å². The van der Waals surface area contributed by atoms with Gasteiger partial charge in [-0.05, 0) is 56.7 Å². The molecular formula is C20H25F3N4O3. The van der Waals surface area contributed by atoms with Crippen molar-refractivity contribution in [1.29, 1.82) is 0 Å². The molecular weight excluding hydrogens is 401 g/mol. The van der Waals surface area contributed by atoms with Gasteiger partial charge >= 0.3 is 6.18 Å². The van der Waals surface area contributed by atoms with Crippen molar-refractivity contribution in [1.82, 2.24) is 10.6 Å². The van der Waals surface area contributed by atoms with Gasteiger partial charge in [-0.25, -0.2) is 0 Å². The van der Waals surface area contributed by atoms with Gasteiger partial charge in [-0.1, -0.05) is 0 Å². The molecule has 3 fully saturated rings. The van der Waals surface area contributed by atoms with E-state index in [-0.39, 0.29) is 48.9 Å². The molecule has 1 aliphatic heterocycles. The van der Waals surface area contributed by atoms with Crippen LogP contribution < -0.4 is 16.0 Å². The molecule has 1 aromatic rings. The number of nitrogens with zero attached hydrogens (tertiary/aromatic N) is 1. The Bertz CT molecular complexity index is 868.